The molecule has 1 unspecified atom stereocenters. The van der Waals surface area contributed by atoms with Crippen molar-refractivity contribution < 1.29 is 0 Å². The van der Waals surface area contributed by atoms with Crippen LogP contribution in [0.25, 0.3) is 33.9 Å². The largest absolute Gasteiger partial charge is 0.388 e. The molecule has 6 rings (SSSR count). The quantitative estimate of drug-likeness (QED) is 0.294. The van der Waals surface area contributed by atoms with Crippen molar-refractivity contribution in [3.63, 3.8) is 0 Å². The van der Waals surface area contributed by atoms with Gasteiger partial charge in [0.2, 0.25) is 0 Å². The van der Waals surface area contributed by atoms with Crippen LogP contribution >= 0.6 is 0 Å². The third-order valence-electron chi connectivity index (χ3n) is 7.12. The van der Waals surface area contributed by atoms with Crippen molar-refractivity contribution in [1.29, 1.82) is 0 Å². The van der Waals surface area contributed by atoms with E-state index >= 15 is 0 Å². The maximum absolute atomic E-state index is 4.94. The lowest BCUT2D eigenvalue weighted by Gasteiger charge is -2.17. The maximum atomic E-state index is 4.94. The highest BCUT2D eigenvalue weighted by Gasteiger charge is 2.17. The molecule has 1 heterocycles. The summed E-state index contributed by atoms with van der Waals surface area (Å²) in [6.45, 7) is 0. The zero-order valence-corrected chi connectivity index (χ0v) is 21.5. The zero-order valence-electron chi connectivity index (χ0n) is 21.5. The van der Waals surface area contributed by atoms with Crippen molar-refractivity contribution in [2.45, 2.75) is 25.2 Å². The van der Waals surface area contributed by atoms with Crippen molar-refractivity contribution in [3.8, 4) is 22.8 Å². The summed E-state index contributed by atoms with van der Waals surface area (Å²) < 4.78 is 0. The smallest absolute Gasteiger partial charge is 0.164 e. The number of benzene rings is 3. The van der Waals surface area contributed by atoms with E-state index in [-0.39, 0.29) is 0 Å². The van der Waals surface area contributed by atoms with Crippen LogP contribution in [0.4, 0.5) is 5.69 Å². The van der Waals surface area contributed by atoms with Crippen LogP contribution in [0.2, 0.25) is 0 Å². The first kappa shape index (κ1) is 23.8. The van der Waals surface area contributed by atoms with Crippen molar-refractivity contribution in [3.05, 3.63) is 132 Å². The predicted octanol–water partition coefficient (Wildman–Crippen LogP) is 8.11. The number of aromatic nitrogens is 3. The van der Waals surface area contributed by atoms with Gasteiger partial charge in [0.05, 0.1) is 0 Å². The lowest BCUT2D eigenvalue weighted by Crippen LogP contribution is -2.05. The standard InChI is InChI=1S/C34H30N4/c1-35-31-22-20-30(21-23-31)34-37-32(28-16-12-26(13-17-28)24-8-4-2-5-9-24)36-33(38-34)29-18-14-27(15-19-29)25-10-6-3-7-11-25/h2,4-6,8-12,14-23,26,35H,3,7,13H2,1H3. The van der Waals surface area contributed by atoms with Crippen LogP contribution in [-0.4, -0.2) is 22.0 Å². The Labute approximate surface area is 224 Å². The Hall–Kier alpha value is -4.57. The fourth-order valence-electron chi connectivity index (χ4n) is 4.92. The molecule has 0 amide bonds. The van der Waals surface area contributed by atoms with E-state index in [0.29, 0.717) is 23.4 Å². The third kappa shape index (κ3) is 5.12. The SMILES string of the molecule is CNc1ccc(-c2nc(C3=CCC(c4ccccc4)C=C3)nc(-c3ccc(C4=CCCC=C4)cc3)n2)cc1. The van der Waals surface area contributed by atoms with Gasteiger partial charge in [-0.1, -0.05) is 91.1 Å². The number of anilines is 1. The molecule has 4 aromatic rings. The second-order valence-corrected chi connectivity index (χ2v) is 9.62. The van der Waals surface area contributed by atoms with Crippen LogP contribution < -0.4 is 5.32 Å². The van der Waals surface area contributed by atoms with Crippen LogP contribution in [-0.2, 0) is 0 Å². The van der Waals surface area contributed by atoms with Crippen LogP contribution in [0.1, 0.15) is 42.1 Å². The molecule has 1 atom stereocenters. The fourth-order valence-corrected chi connectivity index (χ4v) is 4.92. The first-order valence-electron chi connectivity index (χ1n) is 13.2. The fraction of sp³-hybridized carbons (Fsp3) is 0.147. The van der Waals surface area contributed by atoms with E-state index in [1.165, 1.54) is 16.7 Å². The van der Waals surface area contributed by atoms with Gasteiger partial charge in [-0.25, -0.2) is 15.0 Å². The summed E-state index contributed by atoms with van der Waals surface area (Å²) in [5, 5.41) is 3.18. The first-order chi connectivity index (χ1) is 18.8. The maximum Gasteiger partial charge on any atom is 0.164 e. The average molecular weight is 495 g/mol. The summed E-state index contributed by atoms with van der Waals surface area (Å²) >= 11 is 0. The van der Waals surface area contributed by atoms with E-state index in [4.69, 9.17) is 15.0 Å². The van der Waals surface area contributed by atoms with Crippen molar-refractivity contribution >= 4 is 16.8 Å². The Kier molecular flexibility index (Phi) is 6.77. The molecule has 0 fully saturated rings. The van der Waals surface area contributed by atoms with Gasteiger partial charge in [0.15, 0.2) is 17.5 Å². The molecule has 4 nitrogen and oxygen atoms in total. The van der Waals surface area contributed by atoms with Crippen LogP contribution in [0, 0.1) is 0 Å². The Balaban J connectivity index is 1.36. The molecular formula is C34H30N4. The van der Waals surface area contributed by atoms with E-state index in [1.807, 2.05) is 19.2 Å². The van der Waals surface area contributed by atoms with Crippen LogP contribution in [0.5, 0.6) is 0 Å². The molecule has 1 N–H and O–H groups in total. The van der Waals surface area contributed by atoms with Gasteiger partial charge in [-0.3, -0.25) is 0 Å². The van der Waals surface area contributed by atoms with Gasteiger partial charge in [-0.05, 0) is 60.2 Å². The minimum Gasteiger partial charge on any atom is -0.388 e. The third-order valence-corrected chi connectivity index (χ3v) is 7.12. The number of hydrogen-bond acceptors (Lipinski definition) is 4. The second-order valence-electron chi connectivity index (χ2n) is 9.62. The molecule has 2 aliphatic carbocycles. The summed E-state index contributed by atoms with van der Waals surface area (Å²) in [6.07, 6.45) is 16.5. The number of hydrogen-bond donors (Lipinski definition) is 1. The molecular weight excluding hydrogens is 464 g/mol. The van der Waals surface area contributed by atoms with Gasteiger partial charge in [-0.2, -0.15) is 0 Å². The summed E-state index contributed by atoms with van der Waals surface area (Å²) in [7, 11) is 1.92. The van der Waals surface area contributed by atoms with E-state index in [2.05, 4.69) is 109 Å². The Bertz CT molecular complexity index is 1540. The van der Waals surface area contributed by atoms with E-state index < -0.39 is 0 Å². The van der Waals surface area contributed by atoms with Crippen molar-refractivity contribution in [1.82, 2.24) is 15.0 Å². The number of allylic oxidation sites excluding steroid dienone is 8. The summed E-state index contributed by atoms with van der Waals surface area (Å²) in [4.78, 5) is 14.8. The van der Waals surface area contributed by atoms with Gasteiger partial charge < -0.3 is 5.32 Å². The normalized spacial score (nSPS) is 16.6. The van der Waals surface area contributed by atoms with Gasteiger partial charge in [0.1, 0.15) is 0 Å². The summed E-state index contributed by atoms with van der Waals surface area (Å²) in [6, 6.07) is 27.4. The molecule has 0 bridgehead atoms. The highest BCUT2D eigenvalue weighted by Crippen LogP contribution is 2.31. The molecule has 0 spiro atoms. The average Bonchev–Trinajstić information content (AvgIpc) is 3.02. The molecule has 186 valence electrons. The minimum absolute atomic E-state index is 0.366. The Morgan fingerprint density at radius 2 is 1.29 bits per heavy atom. The highest BCUT2D eigenvalue weighted by atomic mass is 15.0. The summed E-state index contributed by atoms with van der Waals surface area (Å²) in [5.41, 5.74) is 7.84. The second kappa shape index (κ2) is 10.8. The molecule has 0 saturated heterocycles. The molecule has 0 radical (unpaired) electrons. The monoisotopic (exact) mass is 494 g/mol. The van der Waals surface area contributed by atoms with Gasteiger partial charge in [0.25, 0.3) is 0 Å². The molecule has 1 aromatic heterocycles. The van der Waals surface area contributed by atoms with E-state index in [9.17, 15) is 0 Å². The molecule has 0 aliphatic heterocycles. The Morgan fingerprint density at radius 3 is 1.89 bits per heavy atom. The first-order valence-corrected chi connectivity index (χ1v) is 13.2. The van der Waals surface area contributed by atoms with Crippen molar-refractivity contribution in [2.24, 2.45) is 0 Å². The Morgan fingerprint density at radius 1 is 0.632 bits per heavy atom. The van der Waals surface area contributed by atoms with Crippen LogP contribution in [0.15, 0.2) is 115 Å². The molecule has 38 heavy (non-hydrogen) atoms. The van der Waals surface area contributed by atoms with E-state index in [1.54, 1.807) is 0 Å². The van der Waals surface area contributed by atoms with Gasteiger partial charge in [0, 0.05) is 35.4 Å². The molecule has 3 aromatic carbocycles. The number of nitrogens with one attached hydrogen (secondary N) is 1. The number of rotatable bonds is 6. The van der Waals surface area contributed by atoms with Gasteiger partial charge in [-0.15, -0.1) is 0 Å². The van der Waals surface area contributed by atoms with Gasteiger partial charge >= 0.3 is 0 Å². The lowest BCUT2D eigenvalue weighted by molar-refractivity contribution is 0.854. The lowest BCUT2D eigenvalue weighted by atomic mass is 9.90. The van der Waals surface area contributed by atoms with E-state index in [0.717, 1.165) is 41.6 Å². The molecule has 4 heteroatoms. The van der Waals surface area contributed by atoms with Crippen LogP contribution in [0.3, 0.4) is 0 Å². The predicted molar refractivity (Wildman–Crippen MR) is 158 cm³/mol. The van der Waals surface area contributed by atoms with Crippen molar-refractivity contribution in [2.75, 3.05) is 12.4 Å². The summed E-state index contributed by atoms with van der Waals surface area (Å²) in [5.74, 6) is 2.42. The molecule has 2 aliphatic rings. The highest BCUT2D eigenvalue weighted by molar-refractivity contribution is 5.77. The molecule has 0 saturated carbocycles. The zero-order chi connectivity index (χ0) is 25.7. The number of nitrogens with zero attached hydrogens (tertiary/aromatic N) is 3. The topological polar surface area (TPSA) is 50.7 Å². The minimum atomic E-state index is 0.366.